The van der Waals surface area contributed by atoms with Crippen LogP contribution in [0.3, 0.4) is 0 Å². The fraction of sp³-hybridized carbons (Fsp3) is 0.429. The number of pyridine rings is 1. The summed E-state index contributed by atoms with van der Waals surface area (Å²) in [6.45, 7) is 7.71. The number of fused-ring (bicyclic) bond motifs is 1. The topological polar surface area (TPSA) is 79.7 Å². The highest BCUT2D eigenvalue weighted by Gasteiger charge is 2.32. The van der Waals surface area contributed by atoms with Crippen LogP contribution in [-0.2, 0) is 6.54 Å². The van der Waals surface area contributed by atoms with Crippen molar-refractivity contribution < 1.29 is 0 Å². The normalized spacial score (nSPS) is 15.7. The number of benzene rings is 2. The van der Waals surface area contributed by atoms with Gasteiger partial charge in [0.1, 0.15) is 6.04 Å². The van der Waals surface area contributed by atoms with Crippen LogP contribution in [0.4, 0.5) is 0 Å². The lowest BCUT2D eigenvalue weighted by Gasteiger charge is -2.32. The van der Waals surface area contributed by atoms with Crippen LogP contribution in [0.2, 0.25) is 0 Å². The predicted molar refractivity (Wildman–Crippen MR) is 138 cm³/mol. The molecule has 5 rings (SSSR count). The van der Waals surface area contributed by atoms with E-state index in [2.05, 4.69) is 81.7 Å². The van der Waals surface area contributed by atoms with Crippen molar-refractivity contribution in [1.29, 1.82) is 0 Å². The summed E-state index contributed by atoms with van der Waals surface area (Å²) in [5.74, 6) is 0.754. The molecule has 1 N–H and O–H groups in total. The molecule has 0 amide bonds. The third kappa shape index (κ3) is 4.65. The number of hydrogen-bond donors (Lipinski definition) is 1. The first kappa shape index (κ1) is 23.4. The van der Waals surface area contributed by atoms with Gasteiger partial charge in [0.15, 0.2) is 5.82 Å². The molecule has 0 saturated heterocycles. The molecule has 1 aliphatic rings. The Bertz CT molecular complexity index is 1350. The lowest BCUT2D eigenvalue weighted by Crippen LogP contribution is -2.35. The van der Waals surface area contributed by atoms with Gasteiger partial charge in [-0.1, -0.05) is 68.7 Å². The van der Waals surface area contributed by atoms with Crippen LogP contribution in [-0.4, -0.2) is 36.6 Å². The Balaban J connectivity index is 1.68. The number of tetrazole rings is 1. The molecular weight excluding hydrogens is 436 g/mol. The van der Waals surface area contributed by atoms with Gasteiger partial charge in [-0.25, -0.2) is 4.68 Å². The smallest absolute Gasteiger partial charge is 0.253 e. The van der Waals surface area contributed by atoms with Crippen molar-refractivity contribution in [1.82, 2.24) is 30.1 Å². The Hall–Kier alpha value is -3.32. The van der Waals surface area contributed by atoms with Crippen LogP contribution in [0, 0.1) is 13.8 Å². The summed E-state index contributed by atoms with van der Waals surface area (Å²) in [7, 11) is 0. The zero-order valence-corrected chi connectivity index (χ0v) is 20.9. The van der Waals surface area contributed by atoms with Crippen molar-refractivity contribution in [2.24, 2.45) is 0 Å². The first-order valence-corrected chi connectivity index (χ1v) is 12.8. The number of aryl methyl sites for hydroxylation is 2. The Morgan fingerprint density at radius 3 is 2.54 bits per heavy atom. The van der Waals surface area contributed by atoms with Crippen LogP contribution < -0.4 is 5.56 Å². The molecule has 1 aliphatic carbocycles. The monoisotopic (exact) mass is 470 g/mol. The number of nitrogens with one attached hydrogen (secondary N) is 1. The molecule has 1 saturated carbocycles. The summed E-state index contributed by atoms with van der Waals surface area (Å²) in [5, 5.41) is 14.2. The second kappa shape index (κ2) is 10.1. The average Bonchev–Trinajstić information content (AvgIpc) is 3.37. The molecule has 2 aromatic carbocycles. The number of nitrogens with zero attached hydrogens (tertiary/aromatic N) is 5. The minimum atomic E-state index is -0.356. The largest absolute Gasteiger partial charge is 0.321 e. The number of rotatable bonds is 7. The van der Waals surface area contributed by atoms with E-state index in [4.69, 9.17) is 0 Å². The van der Waals surface area contributed by atoms with Gasteiger partial charge in [-0.15, -0.1) is 5.10 Å². The quantitative estimate of drug-likeness (QED) is 0.399. The van der Waals surface area contributed by atoms with Crippen molar-refractivity contribution in [3.63, 3.8) is 0 Å². The maximum absolute atomic E-state index is 13.6. The maximum atomic E-state index is 13.6. The van der Waals surface area contributed by atoms with E-state index < -0.39 is 0 Å². The summed E-state index contributed by atoms with van der Waals surface area (Å²) in [6, 6.07) is 16.5. The Kier molecular flexibility index (Phi) is 6.77. The van der Waals surface area contributed by atoms with E-state index >= 15 is 0 Å². The number of H-pyrrole nitrogens is 1. The SMILES string of the molecule is CCN(Cc1ccccc1)C(c1cc2c(C)ccc(C)c2[nH]c1=O)c1nnnn1C1CCCCC1. The highest BCUT2D eigenvalue weighted by Crippen LogP contribution is 2.34. The number of hydrogen-bond acceptors (Lipinski definition) is 5. The highest BCUT2D eigenvalue weighted by atomic mass is 16.1. The Morgan fingerprint density at radius 1 is 1.06 bits per heavy atom. The van der Waals surface area contributed by atoms with E-state index in [1.54, 1.807) is 0 Å². The first-order valence-electron chi connectivity index (χ1n) is 12.8. The summed E-state index contributed by atoms with van der Waals surface area (Å²) in [6.07, 6.45) is 5.77. The van der Waals surface area contributed by atoms with Gasteiger partial charge in [-0.2, -0.15) is 0 Å². The zero-order valence-electron chi connectivity index (χ0n) is 20.9. The van der Waals surface area contributed by atoms with Gasteiger partial charge < -0.3 is 4.98 Å². The van der Waals surface area contributed by atoms with Crippen LogP contribution in [0.25, 0.3) is 10.9 Å². The molecule has 7 nitrogen and oxygen atoms in total. The van der Waals surface area contributed by atoms with E-state index in [-0.39, 0.29) is 17.6 Å². The fourth-order valence-electron chi connectivity index (χ4n) is 5.46. The maximum Gasteiger partial charge on any atom is 0.253 e. The summed E-state index contributed by atoms with van der Waals surface area (Å²) < 4.78 is 2.00. The molecule has 0 radical (unpaired) electrons. The molecule has 35 heavy (non-hydrogen) atoms. The van der Waals surface area contributed by atoms with Gasteiger partial charge in [0.2, 0.25) is 0 Å². The predicted octanol–water partition coefficient (Wildman–Crippen LogP) is 5.25. The molecule has 182 valence electrons. The zero-order chi connectivity index (χ0) is 24.4. The molecule has 0 bridgehead atoms. The van der Waals surface area contributed by atoms with E-state index in [0.29, 0.717) is 12.1 Å². The number of aromatic amines is 1. The van der Waals surface area contributed by atoms with Gasteiger partial charge in [0, 0.05) is 17.5 Å². The van der Waals surface area contributed by atoms with Crippen LogP contribution in [0.15, 0.2) is 53.3 Å². The van der Waals surface area contributed by atoms with Gasteiger partial charge >= 0.3 is 0 Å². The minimum Gasteiger partial charge on any atom is -0.321 e. The van der Waals surface area contributed by atoms with Gasteiger partial charge in [-0.3, -0.25) is 9.69 Å². The molecule has 2 heterocycles. The second-order valence-corrected chi connectivity index (χ2v) is 9.77. The van der Waals surface area contributed by atoms with Gasteiger partial charge in [-0.05, 0) is 66.4 Å². The molecule has 1 atom stereocenters. The van der Waals surface area contributed by atoms with Crippen LogP contribution in [0.1, 0.15) is 79.2 Å². The van der Waals surface area contributed by atoms with Crippen molar-refractivity contribution in [2.45, 2.75) is 71.5 Å². The molecule has 1 unspecified atom stereocenters. The van der Waals surface area contributed by atoms with Gasteiger partial charge in [0.05, 0.1) is 11.6 Å². The van der Waals surface area contributed by atoms with Crippen molar-refractivity contribution in [2.75, 3.05) is 6.54 Å². The second-order valence-electron chi connectivity index (χ2n) is 9.77. The van der Waals surface area contributed by atoms with E-state index in [1.807, 2.05) is 17.7 Å². The lowest BCUT2D eigenvalue weighted by atomic mass is 9.94. The van der Waals surface area contributed by atoms with E-state index in [1.165, 1.54) is 24.8 Å². The molecule has 1 fully saturated rings. The molecule has 4 aromatic rings. The van der Waals surface area contributed by atoms with Crippen molar-refractivity contribution in [3.8, 4) is 0 Å². The molecule has 2 aromatic heterocycles. The first-order chi connectivity index (χ1) is 17.1. The summed E-state index contributed by atoms with van der Waals surface area (Å²) in [5.41, 5.74) is 4.90. The Labute approximate surface area is 206 Å². The summed E-state index contributed by atoms with van der Waals surface area (Å²) in [4.78, 5) is 19.1. The van der Waals surface area contributed by atoms with E-state index in [0.717, 1.165) is 47.2 Å². The summed E-state index contributed by atoms with van der Waals surface area (Å²) >= 11 is 0. The standard InChI is InChI=1S/C28H34N6O/c1-4-33(18-21-11-7-5-8-12-21)26(27-30-31-32-34(27)22-13-9-6-10-14-22)24-17-23-19(2)15-16-20(3)25(23)29-28(24)35/h5,7-8,11-12,15-17,22,26H,4,6,9-10,13-14,18H2,1-3H3,(H,29,35). The molecule has 0 spiro atoms. The van der Waals surface area contributed by atoms with Crippen LogP contribution in [0.5, 0.6) is 0 Å². The van der Waals surface area contributed by atoms with Crippen molar-refractivity contribution in [3.05, 3.63) is 87.0 Å². The third-order valence-corrected chi connectivity index (χ3v) is 7.45. The van der Waals surface area contributed by atoms with Gasteiger partial charge in [0.25, 0.3) is 5.56 Å². The molecule has 0 aliphatic heterocycles. The highest BCUT2D eigenvalue weighted by molar-refractivity contribution is 5.85. The third-order valence-electron chi connectivity index (χ3n) is 7.45. The molecule has 7 heteroatoms. The number of aromatic nitrogens is 5. The van der Waals surface area contributed by atoms with E-state index in [9.17, 15) is 4.79 Å². The Morgan fingerprint density at radius 2 is 1.80 bits per heavy atom. The van der Waals surface area contributed by atoms with Crippen LogP contribution >= 0.6 is 0 Å². The lowest BCUT2D eigenvalue weighted by molar-refractivity contribution is 0.204. The minimum absolute atomic E-state index is 0.0825. The van der Waals surface area contributed by atoms with Crippen molar-refractivity contribution >= 4 is 10.9 Å². The average molecular weight is 471 g/mol. The fourth-order valence-corrected chi connectivity index (χ4v) is 5.46. The molecular formula is C28H34N6O.